The molecule has 2 aromatic rings. The Bertz CT molecular complexity index is 653. The van der Waals surface area contributed by atoms with Crippen molar-refractivity contribution in [2.75, 3.05) is 6.54 Å². The van der Waals surface area contributed by atoms with Gasteiger partial charge in [0, 0.05) is 24.9 Å². The number of H-pyrrole nitrogens is 1. The maximum Gasteiger partial charge on any atom is 0.184 e. The van der Waals surface area contributed by atoms with E-state index in [4.69, 9.17) is 10.5 Å². The zero-order chi connectivity index (χ0) is 15.0. The van der Waals surface area contributed by atoms with Crippen molar-refractivity contribution in [1.82, 2.24) is 15.2 Å². The lowest BCUT2D eigenvalue weighted by Gasteiger charge is -2.08. The second kappa shape index (κ2) is 5.44. The van der Waals surface area contributed by atoms with Gasteiger partial charge < -0.3 is 10.5 Å². The number of aromatic amines is 1. The molecule has 0 spiro atoms. The van der Waals surface area contributed by atoms with Crippen molar-refractivity contribution in [2.24, 2.45) is 11.7 Å². The molecular formula is C15H19FN4O. The summed E-state index contributed by atoms with van der Waals surface area (Å²) in [6.45, 7) is 4.62. The molecule has 21 heavy (non-hydrogen) atoms. The molecule has 1 aromatic heterocycles. The van der Waals surface area contributed by atoms with Crippen molar-refractivity contribution in [3.8, 4) is 17.1 Å². The quantitative estimate of drug-likeness (QED) is 0.903. The summed E-state index contributed by atoms with van der Waals surface area (Å²) in [5, 5.41) is 7.10. The number of ether oxygens (including phenoxy) is 1. The summed E-state index contributed by atoms with van der Waals surface area (Å²) in [6, 6.07) is 2.91. The summed E-state index contributed by atoms with van der Waals surface area (Å²) >= 11 is 0. The van der Waals surface area contributed by atoms with Crippen molar-refractivity contribution < 1.29 is 9.13 Å². The Balaban J connectivity index is 1.98. The second-order valence-corrected chi connectivity index (χ2v) is 5.82. The molecular weight excluding hydrogens is 271 g/mol. The molecule has 112 valence electrons. The first-order valence-electron chi connectivity index (χ1n) is 7.17. The van der Waals surface area contributed by atoms with Crippen molar-refractivity contribution in [2.45, 2.75) is 32.8 Å². The van der Waals surface area contributed by atoms with Crippen LogP contribution in [0.25, 0.3) is 11.4 Å². The maximum atomic E-state index is 13.8. The van der Waals surface area contributed by atoms with E-state index in [1.165, 1.54) is 12.1 Å². The third kappa shape index (κ3) is 2.76. The Morgan fingerprint density at radius 1 is 1.48 bits per heavy atom. The van der Waals surface area contributed by atoms with Crippen LogP contribution in [0.5, 0.6) is 5.75 Å². The molecule has 0 saturated carbocycles. The summed E-state index contributed by atoms with van der Waals surface area (Å²) in [5.41, 5.74) is 7.06. The number of fused-ring (bicyclic) bond motifs is 1. The van der Waals surface area contributed by atoms with Gasteiger partial charge in [-0.3, -0.25) is 5.10 Å². The fraction of sp³-hybridized carbons (Fsp3) is 0.467. The Hall–Kier alpha value is -1.95. The number of halogens is 1. The second-order valence-electron chi connectivity index (χ2n) is 5.82. The highest BCUT2D eigenvalue weighted by Crippen LogP contribution is 2.38. The van der Waals surface area contributed by atoms with E-state index in [1.807, 2.05) is 0 Å². The molecule has 6 heteroatoms. The molecule has 2 heterocycles. The Morgan fingerprint density at radius 2 is 2.29 bits per heavy atom. The zero-order valence-corrected chi connectivity index (χ0v) is 12.2. The smallest absolute Gasteiger partial charge is 0.184 e. The van der Waals surface area contributed by atoms with Crippen LogP contribution < -0.4 is 10.5 Å². The molecule has 0 unspecified atom stereocenters. The van der Waals surface area contributed by atoms with Crippen LogP contribution in [0, 0.1) is 11.7 Å². The number of rotatable bonds is 4. The minimum Gasteiger partial charge on any atom is -0.488 e. The summed E-state index contributed by atoms with van der Waals surface area (Å²) in [5.74, 6) is 2.09. The lowest BCUT2D eigenvalue weighted by Crippen LogP contribution is -2.24. The fourth-order valence-electron chi connectivity index (χ4n) is 2.59. The minimum absolute atomic E-state index is 0.102. The van der Waals surface area contributed by atoms with E-state index >= 15 is 0 Å². The van der Waals surface area contributed by atoms with E-state index in [0.717, 1.165) is 17.8 Å². The van der Waals surface area contributed by atoms with Crippen molar-refractivity contribution in [3.05, 3.63) is 29.3 Å². The van der Waals surface area contributed by atoms with Crippen molar-refractivity contribution >= 4 is 0 Å². The average molecular weight is 290 g/mol. The normalized spacial score (nSPS) is 17.1. The number of benzene rings is 1. The van der Waals surface area contributed by atoms with Crippen molar-refractivity contribution in [1.29, 1.82) is 0 Å². The zero-order valence-electron chi connectivity index (χ0n) is 12.2. The number of aromatic nitrogens is 3. The first kappa shape index (κ1) is 14.0. The van der Waals surface area contributed by atoms with Crippen LogP contribution in [-0.2, 0) is 12.8 Å². The third-order valence-corrected chi connectivity index (χ3v) is 3.50. The molecule has 1 aliphatic rings. The monoisotopic (exact) mass is 290 g/mol. The predicted octanol–water partition coefficient (Wildman–Crippen LogP) is 2.07. The van der Waals surface area contributed by atoms with Crippen molar-refractivity contribution in [3.63, 3.8) is 0 Å². The van der Waals surface area contributed by atoms with Gasteiger partial charge in [-0.25, -0.2) is 9.37 Å². The topological polar surface area (TPSA) is 76.8 Å². The highest BCUT2D eigenvalue weighted by Gasteiger charge is 2.27. The number of nitrogens with two attached hydrogens (primary N) is 1. The highest BCUT2D eigenvalue weighted by atomic mass is 19.1. The van der Waals surface area contributed by atoms with E-state index in [0.29, 0.717) is 36.0 Å². The van der Waals surface area contributed by atoms with Crippen LogP contribution in [0.3, 0.4) is 0 Å². The lowest BCUT2D eigenvalue weighted by atomic mass is 10.1. The van der Waals surface area contributed by atoms with Gasteiger partial charge in [0.1, 0.15) is 23.5 Å². The van der Waals surface area contributed by atoms with Gasteiger partial charge in [-0.1, -0.05) is 13.8 Å². The molecule has 1 aliphatic heterocycles. The molecule has 3 N–H and O–H groups in total. The Morgan fingerprint density at radius 3 is 3.00 bits per heavy atom. The van der Waals surface area contributed by atoms with Gasteiger partial charge in [0.25, 0.3) is 0 Å². The first-order chi connectivity index (χ1) is 10.1. The van der Waals surface area contributed by atoms with Crippen LogP contribution in [0.1, 0.15) is 25.2 Å². The summed E-state index contributed by atoms with van der Waals surface area (Å²) in [7, 11) is 0. The molecule has 1 atom stereocenters. The van der Waals surface area contributed by atoms with E-state index < -0.39 is 0 Å². The predicted molar refractivity (Wildman–Crippen MR) is 77.5 cm³/mol. The van der Waals surface area contributed by atoms with E-state index in [-0.39, 0.29) is 11.9 Å². The van der Waals surface area contributed by atoms with Crippen LogP contribution in [-0.4, -0.2) is 27.8 Å². The van der Waals surface area contributed by atoms with Crippen LogP contribution in [0.2, 0.25) is 0 Å². The summed E-state index contributed by atoms with van der Waals surface area (Å²) < 4.78 is 19.6. The summed E-state index contributed by atoms with van der Waals surface area (Å²) in [6.07, 6.45) is 1.33. The number of hydrogen-bond acceptors (Lipinski definition) is 4. The average Bonchev–Trinajstić information content (AvgIpc) is 3.03. The van der Waals surface area contributed by atoms with Crippen LogP contribution >= 0.6 is 0 Å². The van der Waals surface area contributed by atoms with Gasteiger partial charge in [-0.2, -0.15) is 5.10 Å². The molecule has 3 rings (SSSR count). The molecule has 0 fully saturated rings. The largest absolute Gasteiger partial charge is 0.488 e. The van der Waals surface area contributed by atoms with Gasteiger partial charge in [0.05, 0.1) is 5.56 Å². The van der Waals surface area contributed by atoms with E-state index in [9.17, 15) is 4.39 Å². The molecule has 1 aromatic carbocycles. The van der Waals surface area contributed by atoms with Gasteiger partial charge in [0.15, 0.2) is 5.82 Å². The number of hydrogen-bond donors (Lipinski definition) is 2. The first-order valence-corrected chi connectivity index (χ1v) is 7.17. The summed E-state index contributed by atoms with van der Waals surface area (Å²) in [4.78, 5) is 4.45. The molecule has 0 saturated heterocycles. The van der Waals surface area contributed by atoms with Gasteiger partial charge >= 0.3 is 0 Å². The third-order valence-electron chi connectivity index (χ3n) is 3.50. The number of nitrogens with one attached hydrogen (secondary N) is 1. The van der Waals surface area contributed by atoms with Gasteiger partial charge in [-0.05, 0) is 18.1 Å². The Labute approximate surface area is 122 Å². The Kier molecular flexibility index (Phi) is 3.63. The fourth-order valence-corrected chi connectivity index (χ4v) is 2.59. The molecule has 5 nitrogen and oxygen atoms in total. The van der Waals surface area contributed by atoms with E-state index in [1.54, 1.807) is 0 Å². The molecule has 0 bridgehead atoms. The van der Waals surface area contributed by atoms with Gasteiger partial charge in [-0.15, -0.1) is 0 Å². The minimum atomic E-state index is -0.305. The molecule has 0 amide bonds. The standard InChI is InChI=1S/C15H19FN4O/c1-8(2)3-13-18-15(20-19-13)12-6-10(16)4-9-5-11(7-17)21-14(9)12/h4,6,8,11H,3,5,7,17H2,1-2H3,(H,18,19,20)/t11-/m1/s1. The SMILES string of the molecule is CC(C)Cc1nc(-c2cc(F)cc3c2O[C@@H](CN)C3)n[nH]1. The molecule has 0 aliphatic carbocycles. The van der Waals surface area contributed by atoms with E-state index in [2.05, 4.69) is 29.0 Å². The van der Waals surface area contributed by atoms with Gasteiger partial charge in [0.2, 0.25) is 0 Å². The highest BCUT2D eigenvalue weighted by molar-refractivity contribution is 5.67. The van der Waals surface area contributed by atoms with Crippen LogP contribution in [0.15, 0.2) is 12.1 Å². The lowest BCUT2D eigenvalue weighted by molar-refractivity contribution is 0.242. The van der Waals surface area contributed by atoms with Crippen LogP contribution in [0.4, 0.5) is 4.39 Å². The maximum absolute atomic E-state index is 13.8. The number of nitrogens with zero attached hydrogens (tertiary/aromatic N) is 2. The molecule has 0 radical (unpaired) electrons.